The fourth-order valence-corrected chi connectivity index (χ4v) is 1.62. The Balaban J connectivity index is 2.54. The van der Waals surface area contributed by atoms with Gasteiger partial charge in [-0.05, 0) is 12.1 Å². The quantitative estimate of drug-likeness (QED) is 0.671. The molecule has 4 nitrogen and oxygen atoms in total. The van der Waals surface area contributed by atoms with Crippen LogP contribution in [0.15, 0.2) is 36.5 Å². The van der Waals surface area contributed by atoms with Gasteiger partial charge in [0, 0.05) is 17.5 Å². The normalized spacial score (nSPS) is 22.8. The first-order chi connectivity index (χ1) is 7.18. The Labute approximate surface area is 87.2 Å². The molecule has 0 saturated heterocycles. The summed E-state index contributed by atoms with van der Waals surface area (Å²) in [5, 5.41) is 13.1. The van der Waals surface area contributed by atoms with E-state index in [0.717, 1.165) is 0 Å². The van der Waals surface area contributed by atoms with Gasteiger partial charge in [-0.1, -0.05) is 18.2 Å². The molecular formula is C11H11NO3. The lowest BCUT2D eigenvalue weighted by Gasteiger charge is -2.27. The molecule has 0 unspecified atom stereocenters. The average Bonchev–Trinajstić information content (AvgIpc) is 2.28. The first-order valence-electron chi connectivity index (χ1n) is 4.53. The van der Waals surface area contributed by atoms with Gasteiger partial charge in [0.1, 0.15) is 0 Å². The van der Waals surface area contributed by atoms with Crippen molar-refractivity contribution >= 4 is 11.7 Å². The molecule has 0 aromatic heterocycles. The summed E-state index contributed by atoms with van der Waals surface area (Å²) in [6.45, 7) is 0. The van der Waals surface area contributed by atoms with E-state index in [-0.39, 0.29) is 0 Å². The molecule has 1 heterocycles. The summed E-state index contributed by atoms with van der Waals surface area (Å²) in [7, 11) is 1.25. The van der Waals surface area contributed by atoms with E-state index in [1.807, 2.05) is 6.07 Å². The number of carbonyl (C=O) groups excluding carboxylic acids is 1. The molecule has 0 bridgehead atoms. The second-order valence-corrected chi connectivity index (χ2v) is 3.28. The number of esters is 1. The fraction of sp³-hybridized carbons (Fsp3) is 0.182. The van der Waals surface area contributed by atoms with Crippen LogP contribution in [-0.2, 0) is 15.1 Å². The number of hydrogen-bond acceptors (Lipinski definition) is 4. The number of hydrogen-bond donors (Lipinski definition) is 2. The number of nitrogens with one attached hydrogen (secondary N) is 1. The largest absolute Gasteiger partial charge is 0.466 e. The smallest absolute Gasteiger partial charge is 0.346 e. The van der Waals surface area contributed by atoms with Gasteiger partial charge in [-0.2, -0.15) is 0 Å². The van der Waals surface area contributed by atoms with Crippen LogP contribution in [0.2, 0.25) is 0 Å². The molecule has 1 aliphatic heterocycles. The van der Waals surface area contributed by atoms with Crippen molar-refractivity contribution in [3.8, 4) is 0 Å². The minimum atomic E-state index is -1.68. The third-order valence-corrected chi connectivity index (χ3v) is 2.40. The Hall–Kier alpha value is -1.81. The summed E-state index contributed by atoms with van der Waals surface area (Å²) in [5.74, 6) is -0.687. The van der Waals surface area contributed by atoms with Crippen molar-refractivity contribution in [2.45, 2.75) is 5.60 Å². The molecule has 0 amide bonds. The van der Waals surface area contributed by atoms with Crippen LogP contribution in [0.1, 0.15) is 5.56 Å². The molecule has 1 aliphatic rings. The van der Waals surface area contributed by atoms with E-state index >= 15 is 0 Å². The number of carbonyl (C=O) groups is 1. The molecule has 0 saturated carbocycles. The zero-order chi connectivity index (χ0) is 10.9. The van der Waals surface area contributed by atoms with Crippen LogP contribution < -0.4 is 5.32 Å². The molecular weight excluding hydrogens is 194 g/mol. The van der Waals surface area contributed by atoms with Gasteiger partial charge < -0.3 is 15.2 Å². The first-order valence-corrected chi connectivity index (χ1v) is 4.53. The first kappa shape index (κ1) is 9.73. The molecule has 2 rings (SSSR count). The second-order valence-electron chi connectivity index (χ2n) is 3.28. The van der Waals surface area contributed by atoms with E-state index in [1.54, 1.807) is 18.2 Å². The predicted molar refractivity (Wildman–Crippen MR) is 55.1 cm³/mol. The van der Waals surface area contributed by atoms with Gasteiger partial charge in [0.2, 0.25) is 5.60 Å². The zero-order valence-electron chi connectivity index (χ0n) is 8.23. The Kier molecular flexibility index (Phi) is 2.21. The zero-order valence-corrected chi connectivity index (χ0v) is 8.23. The SMILES string of the molecule is COC(=O)[C@]1(O)C=CNc2ccccc21. The highest BCUT2D eigenvalue weighted by Gasteiger charge is 2.39. The molecule has 1 aromatic carbocycles. The lowest BCUT2D eigenvalue weighted by molar-refractivity contribution is -0.158. The van der Waals surface area contributed by atoms with Crippen LogP contribution in [0.25, 0.3) is 0 Å². The summed E-state index contributed by atoms with van der Waals surface area (Å²) in [4.78, 5) is 11.5. The number of aliphatic hydroxyl groups is 1. The topological polar surface area (TPSA) is 58.6 Å². The van der Waals surface area contributed by atoms with Gasteiger partial charge in [-0.25, -0.2) is 4.79 Å². The van der Waals surface area contributed by atoms with Crippen LogP contribution in [0.5, 0.6) is 0 Å². The molecule has 0 fully saturated rings. The van der Waals surface area contributed by atoms with Gasteiger partial charge in [0.15, 0.2) is 0 Å². The van der Waals surface area contributed by atoms with E-state index in [9.17, 15) is 9.90 Å². The summed E-state index contributed by atoms with van der Waals surface area (Å²) >= 11 is 0. The van der Waals surface area contributed by atoms with Gasteiger partial charge >= 0.3 is 5.97 Å². The molecule has 0 aliphatic carbocycles. The van der Waals surface area contributed by atoms with Gasteiger partial charge in [-0.3, -0.25) is 0 Å². The summed E-state index contributed by atoms with van der Waals surface area (Å²) in [6.07, 6.45) is 2.90. The molecule has 2 N–H and O–H groups in total. The highest BCUT2D eigenvalue weighted by molar-refractivity contribution is 5.87. The number of benzene rings is 1. The second kappa shape index (κ2) is 3.40. The Morgan fingerprint density at radius 2 is 2.20 bits per heavy atom. The van der Waals surface area contributed by atoms with Crippen molar-refractivity contribution < 1.29 is 14.6 Å². The third kappa shape index (κ3) is 1.39. The molecule has 78 valence electrons. The van der Waals surface area contributed by atoms with Gasteiger partial charge in [0.05, 0.1) is 7.11 Å². The van der Waals surface area contributed by atoms with Crippen molar-refractivity contribution in [1.82, 2.24) is 0 Å². The molecule has 0 radical (unpaired) electrons. The molecule has 1 aromatic rings. The van der Waals surface area contributed by atoms with Gasteiger partial charge in [0.25, 0.3) is 0 Å². The molecule has 0 spiro atoms. The lowest BCUT2D eigenvalue weighted by Crippen LogP contribution is -2.37. The van der Waals surface area contributed by atoms with Crippen molar-refractivity contribution in [1.29, 1.82) is 0 Å². The highest BCUT2D eigenvalue weighted by atomic mass is 16.5. The lowest BCUT2D eigenvalue weighted by atomic mass is 9.90. The molecule has 1 atom stereocenters. The van der Waals surface area contributed by atoms with E-state index in [4.69, 9.17) is 0 Å². The number of rotatable bonds is 1. The number of anilines is 1. The highest BCUT2D eigenvalue weighted by Crippen LogP contribution is 2.33. The van der Waals surface area contributed by atoms with E-state index < -0.39 is 11.6 Å². The number of fused-ring (bicyclic) bond motifs is 1. The maximum Gasteiger partial charge on any atom is 0.346 e. The Bertz CT molecular complexity index is 428. The minimum Gasteiger partial charge on any atom is -0.466 e. The van der Waals surface area contributed by atoms with Crippen LogP contribution in [0.4, 0.5) is 5.69 Å². The van der Waals surface area contributed by atoms with Crippen LogP contribution in [-0.4, -0.2) is 18.2 Å². The number of methoxy groups -OCH3 is 1. The predicted octanol–water partition coefficient (Wildman–Crippen LogP) is 0.986. The molecule has 4 heteroatoms. The number of para-hydroxylation sites is 1. The van der Waals surface area contributed by atoms with E-state index in [1.165, 1.54) is 19.4 Å². The maximum absolute atomic E-state index is 11.5. The van der Waals surface area contributed by atoms with Crippen molar-refractivity contribution in [3.63, 3.8) is 0 Å². The minimum absolute atomic E-state index is 0.499. The average molecular weight is 205 g/mol. The Morgan fingerprint density at radius 3 is 2.93 bits per heavy atom. The van der Waals surface area contributed by atoms with Crippen LogP contribution in [0.3, 0.4) is 0 Å². The Morgan fingerprint density at radius 1 is 1.47 bits per heavy atom. The van der Waals surface area contributed by atoms with Crippen molar-refractivity contribution in [2.75, 3.05) is 12.4 Å². The third-order valence-electron chi connectivity index (χ3n) is 2.40. The summed E-state index contributed by atoms with van der Waals surface area (Å²) < 4.78 is 4.58. The number of ether oxygens (including phenoxy) is 1. The standard InChI is InChI=1S/C11H11NO3/c1-15-10(13)11(14)6-7-12-9-5-3-2-4-8(9)11/h2-7,12,14H,1H3/t11-/m0/s1. The van der Waals surface area contributed by atoms with Crippen molar-refractivity contribution in [3.05, 3.63) is 42.1 Å². The van der Waals surface area contributed by atoms with Crippen molar-refractivity contribution in [2.24, 2.45) is 0 Å². The van der Waals surface area contributed by atoms with Crippen LogP contribution >= 0.6 is 0 Å². The summed E-state index contributed by atoms with van der Waals surface area (Å²) in [5.41, 5.74) is -0.483. The maximum atomic E-state index is 11.5. The van der Waals surface area contributed by atoms with E-state index in [2.05, 4.69) is 10.1 Å². The fourth-order valence-electron chi connectivity index (χ4n) is 1.62. The summed E-state index contributed by atoms with van der Waals surface area (Å²) in [6, 6.07) is 7.05. The monoisotopic (exact) mass is 205 g/mol. The van der Waals surface area contributed by atoms with Gasteiger partial charge in [-0.15, -0.1) is 0 Å². The van der Waals surface area contributed by atoms with Crippen LogP contribution in [0, 0.1) is 0 Å². The van der Waals surface area contributed by atoms with E-state index in [0.29, 0.717) is 11.3 Å². The molecule has 15 heavy (non-hydrogen) atoms.